The molecule has 2 amide bonds. The standard InChI is InChI=1S/C16H16N2O4/c19-10-9-17-16(20)18(21)15-11-5-1-3-7-13(11)22-14-8-4-2-6-12(14)15/h1-8,15,19,21H,9-10H2,(H,17,20). The third-order valence-electron chi connectivity index (χ3n) is 3.49. The van der Waals surface area contributed by atoms with E-state index >= 15 is 0 Å². The average molecular weight is 300 g/mol. The monoisotopic (exact) mass is 300 g/mol. The first kappa shape index (κ1) is 14.4. The van der Waals surface area contributed by atoms with Crippen LogP contribution in [0.1, 0.15) is 17.2 Å². The molecule has 0 fully saturated rings. The third-order valence-corrected chi connectivity index (χ3v) is 3.49. The van der Waals surface area contributed by atoms with Gasteiger partial charge < -0.3 is 15.2 Å². The van der Waals surface area contributed by atoms with Gasteiger partial charge in [-0.15, -0.1) is 0 Å². The molecule has 0 atom stereocenters. The average Bonchev–Trinajstić information content (AvgIpc) is 2.56. The number of nitrogens with zero attached hydrogens (tertiary/aromatic N) is 1. The first-order chi connectivity index (χ1) is 10.7. The van der Waals surface area contributed by atoms with Gasteiger partial charge in [-0.2, -0.15) is 5.06 Å². The molecular formula is C16H16N2O4. The van der Waals surface area contributed by atoms with Crippen LogP contribution in [0.2, 0.25) is 0 Å². The normalized spacial score (nSPS) is 12.8. The van der Waals surface area contributed by atoms with Crippen molar-refractivity contribution in [2.45, 2.75) is 6.04 Å². The van der Waals surface area contributed by atoms with Crippen LogP contribution in [-0.2, 0) is 0 Å². The maximum Gasteiger partial charge on any atom is 0.342 e. The van der Waals surface area contributed by atoms with Crippen LogP contribution in [0.5, 0.6) is 11.5 Å². The van der Waals surface area contributed by atoms with Crippen LogP contribution in [0.15, 0.2) is 48.5 Å². The van der Waals surface area contributed by atoms with Gasteiger partial charge in [0.2, 0.25) is 0 Å². The zero-order chi connectivity index (χ0) is 15.5. The Balaban J connectivity index is 2.01. The summed E-state index contributed by atoms with van der Waals surface area (Å²) in [6.07, 6.45) is 0. The van der Waals surface area contributed by atoms with E-state index in [0.717, 1.165) is 0 Å². The van der Waals surface area contributed by atoms with E-state index in [2.05, 4.69) is 5.32 Å². The maximum absolute atomic E-state index is 12.0. The Kier molecular flexibility index (Phi) is 3.95. The van der Waals surface area contributed by atoms with Gasteiger partial charge >= 0.3 is 6.03 Å². The minimum absolute atomic E-state index is 0.0718. The van der Waals surface area contributed by atoms with Crippen molar-refractivity contribution in [3.05, 3.63) is 59.7 Å². The van der Waals surface area contributed by atoms with Gasteiger partial charge in [-0.1, -0.05) is 36.4 Å². The number of carbonyl (C=O) groups is 1. The molecule has 0 radical (unpaired) electrons. The van der Waals surface area contributed by atoms with Crippen molar-refractivity contribution in [1.29, 1.82) is 0 Å². The van der Waals surface area contributed by atoms with Crippen molar-refractivity contribution in [1.82, 2.24) is 10.4 Å². The summed E-state index contributed by atoms with van der Waals surface area (Å²) >= 11 is 0. The Labute approximate surface area is 127 Å². The Hall–Kier alpha value is -2.57. The summed E-state index contributed by atoms with van der Waals surface area (Å²) in [6.45, 7) is -0.122. The van der Waals surface area contributed by atoms with Crippen molar-refractivity contribution < 1.29 is 19.8 Å². The fraction of sp³-hybridized carbons (Fsp3) is 0.188. The van der Waals surface area contributed by atoms with Crippen LogP contribution in [0.3, 0.4) is 0 Å². The molecule has 3 rings (SSSR count). The van der Waals surface area contributed by atoms with Crippen LogP contribution in [0.25, 0.3) is 0 Å². The molecule has 0 aliphatic carbocycles. The van der Waals surface area contributed by atoms with E-state index in [0.29, 0.717) is 27.7 Å². The number of nitrogens with one attached hydrogen (secondary N) is 1. The van der Waals surface area contributed by atoms with Crippen molar-refractivity contribution in [2.75, 3.05) is 13.2 Å². The molecule has 1 aliphatic heterocycles. The topological polar surface area (TPSA) is 82.0 Å². The molecular weight excluding hydrogens is 284 g/mol. The van der Waals surface area contributed by atoms with Crippen molar-refractivity contribution >= 4 is 6.03 Å². The lowest BCUT2D eigenvalue weighted by molar-refractivity contribution is -0.0701. The molecule has 1 aliphatic rings. The van der Waals surface area contributed by atoms with Crippen LogP contribution in [-0.4, -0.2) is 34.6 Å². The fourth-order valence-corrected chi connectivity index (χ4v) is 2.51. The molecule has 114 valence electrons. The number of rotatable bonds is 3. The second-order valence-corrected chi connectivity index (χ2v) is 4.88. The van der Waals surface area contributed by atoms with Gasteiger partial charge in [0.25, 0.3) is 0 Å². The largest absolute Gasteiger partial charge is 0.457 e. The number of ether oxygens (including phenoxy) is 1. The summed E-state index contributed by atoms with van der Waals surface area (Å²) in [6, 6.07) is 13.2. The Morgan fingerprint density at radius 3 is 2.18 bits per heavy atom. The highest BCUT2D eigenvalue weighted by atomic mass is 16.5. The third kappa shape index (κ3) is 2.49. The zero-order valence-corrected chi connectivity index (χ0v) is 11.8. The molecule has 0 aromatic heterocycles. The number of hydrogen-bond donors (Lipinski definition) is 3. The minimum atomic E-state index is -0.675. The molecule has 0 saturated heterocycles. The molecule has 0 saturated carbocycles. The summed E-state index contributed by atoms with van der Waals surface area (Å²) in [5.74, 6) is 1.19. The highest BCUT2D eigenvalue weighted by Gasteiger charge is 2.33. The van der Waals surface area contributed by atoms with E-state index in [1.165, 1.54) is 0 Å². The van der Waals surface area contributed by atoms with Gasteiger partial charge in [0.1, 0.15) is 17.5 Å². The number of carbonyl (C=O) groups excluding carboxylic acids is 1. The van der Waals surface area contributed by atoms with E-state index in [9.17, 15) is 10.0 Å². The lowest BCUT2D eigenvalue weighted by atomic mass is 9.94. The van der Waals surface area contributed by atoms with E-state index in [4.69, 9.17) is 9.84 Å². The van der Waals surface area contributed by atoms with Gasteiger partial charge in [-0.05, 0) is 12.1 Å². The van der Waals surface area contributed by atoms with Crippen molar-refractivity contribution in [3.63, 3.8) is 0 Å². The maximum atomic E-state index is 12.0. The summed E-state index contributed by atoms with van der Waals surface area (Å²) < 4.78 is 5.81. The van der Waals surface area contributed by atoms with Gasteiger partial charge in [0.15, 0.2) is 0 Å². The Bertz CT molecular complexity index is 644. The first-order valence-electron chi connectivity index (χ1n) is 6.95. The summed E-state index contributed by atoms with van der Waals surface area (Å²) in [5.41, 5.74) is 1.39. The van der Waals surface area contributed by atoms with Crippen molar-refractivity contribution in [3.8, 4) is 11.5 Å². The number of para-hydroxylation sites is 2. The summed E-state index contributed by atoms with van der Waals surface area (Å²) in [7, 11) is 0. The predicted molar refractivity (Wildman–Crippen MR) is 78.9 cm³/mol. The highest BCUT2D eigenvalue weighted by Crippen LogP contribution is 2.44. The second kappa shape index (κ2) is 6.05. The smallest absolute Gasteiger partial charge is 0.342 e. The van der Waals surface area contributed by atoms with Gasteiger partial charge in [-0.3, -0.25) is 5.21 Å². The molecule has 22 heavy (non-hydrogen) atoms. The zero-order valence-electron chi connectivity index (χ0n) is 11.8. The number of aliphatic hydroxyl groups excluding tert-OH is 1. The quantitative estimate of drug-likeness (QED) is 0.600. The molecule has 0 bridgehead atoms. The number of urea groups is 1. The lowest BCUT2D eigenvalue weighted by Crippen LogP contribution is -2.42. The molecule has 3 N–H and O–H groups in total. The number of hydrogen-bond acceptors (Lipinski definition) is 4. The number of fused-ring (bicyclic) bond motifs is 2. The minimum Gasteiger partial charge on any atom is -0.457 e. The van der Waals surface area contributed by atoms with E-state index in [1.54, 1.807) is 24.3 Å². The second-order valence-electron chi connectivity index (χ2n) is 4.88. The van der Waals surface area contributed by atoms with Crippen molar-refractivity contribution in [2.24, 2.45) is 0 Å². The van der Waals surface area contributed by atoms with E-state index < -0.39 is 12.1 Å². The van der Waals surface area contributed by atoms with Crippen LogP contribution in [0, 0.1) is 0 Å². The van der Waals surface area contributed by atoms with E-state index in [1.807, 2.05) is 24.3 Å². The van der Waals surface area contributed by atoms with Crippen LogP contribution < -0.4 is 10.1 Å². The Morgan fingerprint density at radius 1 is 1.09 bits per heavy atom. The number of amides is 2. The SMILES string of the molecule is O=C(NCCO)N(O)C1c2ccccc2Oc2ccccc21. The highest BCUT2D eigenvalue weighted by molar-refractivity contribution is 5.74. The first-order valence-corrected chi connectivity index (χ1v) is 6.95. The number of aliphatic hydroxyl groups is 1. The molecule has 2 aromatic carbocycles. The molecule has 6 nitrogen and oxygen atoms in total. The lowest BCUT2D eigenvalue weighted by Gasteiger charge is -2.32. The fourth-order valence-electron chi connectivity index (χ4n) is 2.51. The molecule has 0 unspecified atom stereocenters. The molecule has 1 heterocycles. The van der Waals surface area contributed by atoms with Crippen LogP contribution >= 0.6 is 0 Å². The number of benzene rings is 2. The Morgan fingerprint density at radius 2 is 1.64 bits per heavy atom. The summed E-state index contributed by atoms with van der Waals surface area (Å²) in [5, 5.41) is 22.2. The molecule has 2 aromatic rings. The van der Waals surface area contributed by atoms with Crippen LogP contribution in [0.4, 0.5) is 4.79 Å². The van der Waals surface area contributed by atoms with E-state index in [-0.39, 0.29) is 13.2 Å². The summed E-state index contributed by atoms with van der Waals surface area (Å²) in [4.78, 5) is 12.0. The van der Waals surface area contributed by atoms with Gasteiger partial charge in [0, 0.05) is 17.7 Å². The number of hydroxylamine groups is 2. The van der Waals surface area contributed by atoms with Gasteiger partial charge in [-0.25, -0.2) is 4.79 Å². The molecule has 0 spiro atoms. The van der Waals surface area contributed by atoms with Gasteiger partial charge in [0.05, 0.1) is 6.61 Å². The predicted octanol–water partition coefficient (Wildman–Crippen LogP) is 2.27. The molecule has 6 heteroatoms.